The molecule has 0 bridgehead atoms. The minimum absolute atomic E-state index is 0.0000364. The average Bonchev–Trinajstić information content (AvgIpc) is 2.28. The van der Waals surface area contributed by atoms with Crippen LogP contribution in [-0.2, 0) is 9.59 Å². The van der Waals surface area contributed by atoms with Crippen molar-refractivity contribution in [3.8, 4) is 0 Å². The first-order valence-corrected chi connectivity index (χ1v) is 6.25. The van der Waals surface area contributed by atoms with Crippen molar-refractivity contribution in [3.05, 3.63) is 0 Å². The highest BCUT2D eigenvalue weighted by atomic mass is 16.4. The van der Waals surface area contributed by atoms with Gasteiger partial charge in [0.25, 0.3) is 0 Å². The number of carbonyl (C=O) groups is 2. The Morgan fingerprint density at radius 3 is 2.53 bits per heavy atom. The zero-order chi connectivity index (χ0) is 12.7. The number of hydrogen-bond donors (Lipinski definition) is 2. The maximum absolute atomic E-state index is 11.4. The molecule has 0 aliphatic carbocycles. The van der Waals surface area contributed by atoms with Crippen molar-refractivity contribution >= 4 is 11.9 Å². The van der Waals surface area contributed by atoms with Crippen LogP contribution in [0.5, 0.6) is 0 Å². The van der Waals surface area contributed by atoms with Crippen LogP contribution in [0, 0.1) is 5.92 Å². The van der Waals surface area contributed by atoms with Gasteiger partial charge in [0.1, 0.15) is 0 Å². The van der Waals surface area contributed by atoms with Crippen LogP contribution in [0.25, 0.3) is 0 Å². The first-order valence-electron chi connectivity index (χ1n) is 6.25. The van der Waals surface area contributed by atoms with Gasteiger partial charge >= 0.3 is 5.97 Å². The van der Waals surface area contributed by atoms with Gasteiger partial charge in [0.05, 0.1) is 6.42 Å². The molecular formula is C12H22N2O3. The summed E-state index contributed by atoms with van der Waals surface area (Å²) in [7, 11) is 2.12. The summed E-state index contributed by atoms with van der Waals surface area (Å²) in [5.74, 6) is -0.248. The minimum Gasteiger partial charge on any atom is -0.481 e. The lowest BCUT2D eigenvalue weighted by Gasteiger charge is -2.28. The number of rotatable bonds is 6. The van der Waals surface area contributed by atoms with Crippen LogP contribution in [0.2, 0.25) is 0 Å². The first kappa shape index (κ1) is 14.0. The first-order chi connectivity index (χ1) is 8.08. The highest BCUT2D eigenvalue weighted by Gasteiger charge is 2.17. The number of carbonyl (C=O) groups excluding carboxylic acids is 1. The molecule has 1 fully saturated rings. The number of aliphatic carboxylic acids is 1. The van der Waals surface area contributed by atoms with Gasteiger partial charge in [-0.3, -0.25) is 9.59 Å². The molecule has 17 heavy (non-hydrogen) atoms. The number of carboxylic acids is 1. The number of nitrogens with zero attached hydrogens (tertiary/aromatic N) is 1. The van der Waals surface area contributed by atoms with Gasteiger partial charge in [0.15, 0.2) is 0 Å². The number of amides is 1. The summed E-state index contributed by atoms with van der Waals surface area (Å²) in [4.78, 5) is 24.0. The molecule has 0 saturated carbocycles. The zero-order valence-electron chi connectivity index (χ0n) is 10.4. The molecule has 1 heterocycles. The fourth-order valence-corrected chi connectivity index (χ4v) is 2.08. The second-order valence-corrected chi connectivity index (χ2v) is 4.78. The Labute approximate surface area is 102 Å². The van der Waals surface area contributed by atoms with Crippen molar-refractivity contribution in [1.82, 2.24) is 10.2 Å². The Hall–Kier alpha value is -1.10. The molecule has 1 saturated heterocycles. The summed E-state index contributed by atoms with van der Waals surface area (Å²) in [6.45, 7) is 2.47. The Balaban J connectivity index is 2.05. The Morgan fingerprint density at radius 1 is 1.29 bits per heavy atom. The summed E-state index contributed by atoms with van der Waals surface area (Å²) < 4.78 is 0. The molecular weight excluding hydrogens is 220 g/mol. The van der Waals surface area contributed by atoms with E-state index in [0.29, 0.717) is 12.3 Å². The van der Waals surface area contributed by atoms with Crippen LogP contribution in [0.1, 0.15) is 32.1 Å². The van der Waals surface area contributed by atoms with Gasteiger partial charge in [0, 0.05) is 13.0 Å². The lowest BCUT2D eigenvalue weighted by molar-refractivity contribution is -0.136. The zero-order valence-corrected chi connectivity index (χ0v) is 10.4. The van der Waals surface area contributed by atoms with Gasteiger partial charge < -0.3 is 15.3 Å². The molecule has 1 aliphatic heterocycles. The van der Waals surface area contributed by atoms with E-state index < -0.39 is 5.97 Å². The highest BCUT2D eigenvalue weighted by Crippen LogP contribution is 2.20. The van der Waals surface area contributed by atoms with Gasteiger partial charge in [-0.05, 0) is 45.3 Å². The monoisotopic (exact) mass is 242 g/mol. The molecule has 5 nitrogen and oxygen atoms in total. The summed E-state index contributed by atoms with van der Waals surface area (Å²) in [5.41, 5.74) is 0. The van der Waals surface area contributed by atoms with Crippen molar-refractivity contribution < 1.29 is 14.7 Å². The molecule has 0 aromatic heterocycles. The lowest BCUT2D eigenvalue weighted by Crippen LogP contribution is -2.31. The maximum atomic E-state index is 11.4. The van der Waals surface area contributed by atoms with E-state index in [-0.39, 0.29) is 18.9 Å². The molecule has 0 radical (unpaired) electrons. The maximum Gasteiger partial charge on any atom is 0.305 e. The summed E-state index contributed by atoms with van der Waals surface area (Å²) in [6, 6.07) is 0. The van der Waals surface area contributed by atoms with E-state index in [9.17, 15) is 9.59 Å². The van der Waals surface area contributed by atoms with Crippen LogP contribution >= 0.6 is 0 Å². The van der Waals surface area contributed by atoms with Crippen LogP contribution in [-0.4, -0.2) is 48.6 Å². The fourth-order valence-electron chi connectivity index (χ4n) is 2.08. The van der Waals surface area contributed by atoms with Crippen LogP contribution < -0.4 is 5.32 Å². The van der Waals surface area contributed by atoms with Crippen LogP contribution in [0.15, 0.2) is 0 Å². The van der Waals surface area contributed by atoms with Gasteiger partial charge in [-0.15, -0.1) is 0 Å². The Bertz CT molecular complexity index is 260. The topological polar surface area (TPSA) is 69.6 Å². The van der Waals surface area contributed by atoms with Gasteiger partial charge in [0.2, 0.25) is 5.91 Å². The predicted molar refractivity (Wildman–Crippen MR) is 64.7 cm³/mol. The van der Waals surface area contributed by atoms with E-state index in [1.165, 1.54) is 12.8 Å². The third kappa shape index (κ3) is 6.26. The Morgan fingerprint density at radius 2 is 1.94 bits per heavy atom. The lowest BCUT2D eigenvalue weighted by atomic mass is 9.92. The quantitative estimate of drug-likeness (QED) is 0.719. The van der Waals surface area contributed by atoms with Crippen LogP contribution in [0.4, 0.5) is 0 Å². The van der Waals surface area contributed by atoms with E-state index in [2.05, 4.69) is 17.3 Å². The molecule has 0 aromatic carbocycles. The second-order valence-electron chi connectivity index (χ2n) is 4.78. The molecule has 1 rings (SSSR count). The molecule has 1 aliphatic rings. The molecule has 98 valence electrons. The number of carboxylic acid groups (broad SMARTS) is 1. The van der Waals surface area contributed by atoms with E-state index >= 15 is 0 Å². The smallest absolute Gasteiger partial charge is 0.305 e. The molecule has 0 spiro atoms. The van der Waals surface area contributed by atoms with E-state index in [4.69, 9.17) is 5.11 Å². The summed E-state index contributed by atoms with van der Waals surface area (Å²) in [5, 5.41) is 11.1. The van der Waals surface area contributed by atoms with Crippen molar-refractivity contribution in [2.75, 3.05) is 26.7 Å². The molecule has 1 amide bonds. The molecule has 0 atom stereocenters. The third-order valence-electron chi connectivity index (χ3n) is 3.28. The standard InChI is InChI=1S/C12H22N2O3/c1-14-8-5-10(6-9-14)2-3-11(15)13-7-4-12(16)17/h10H,2-9H2,1H3,(H,13,15)(H,16,17). The molecule has 2 N–H and O–H groups in total. The average molecular weight is 242 g/mol. The number of hydrogen-bond acceptors (Lipinski definition) is 3. The highest BCUT2D eigenvalue weighted by molar-refractivity contribution is 5.76. The van der Waals surface area contributed by atoms with E-state index in [1.54, 1.807) is 0 Å². The normalized spacial score (nSPS) is 17.9. The molecule has 0 aromatic rings. The fraction of sp³-hybridized carbons (Fsp3) is 0.833. The summed E-state index contributed by atoms with van der Waals surface area (Å²) >= 11 is 0. The number of nitrogens with one attached hydrogen (secondary N) is 1. The summed E-state index contributed by atoms with van der Waals surface area (Å²) in [6.07, 6.45) is 3.78. The molecule has 5 heteroatoms. The van der Waals surface area contributed by atoms with Gasteiger partial charge in [-0.25, -0.2) is 0 Å². The van der Waals surface area contributed by atoms with Gasteiger partial charge in [-0.1, -0.05) is 0 Å². The largest absolute Gasteiger partial charge is 0.481 e. The van der Waals surface area contributed by atoms with Crippen molar-refractivity contribution in [3.63, 3.8) is 0 Å². The van der Waals surface area contributed by atoms with Gasteiger partial charge in [-0.2, -0.15) is 0 Å². The SMILES string of the molecule is CN1CCC(CCC(=O)NCCC(=O)O)CC1. The number of piperidine rings is 1. The number of likely N-dealkylation sites (tertiary alicyclic amines) is 1. The van der Waals surface area contributed by atoms with E-state index in [0.717, 1.165) is 19.5 Å². The molecule has 0 unspecified atom stereocenters. The van der Waals surface area contributed by atoms with Crippen molar-refractivity contribution in [2.45, 2.75) is 32.1 Å². The third-order valence-corrected chi connectivity index (χ3v) is 3.28. The van der Waals surface area contributed by atoms with Crippen molar-refractivity contribution in [2.24, 2.45) is 5.92 Å². The second kappa shape index (κ2) is 7.27. The van der Waals surface area contributed by atoms with Crippen molar-refractivity contribution in [1.29, 1.82) is 0 Å². The minimum atomic E-state index is -0.874. The Kier molecular flexibility index (Phi) is 5.97. The van der Waals surface area contributed by atoms with Crippen LogP contribution in [0.3, 0.4) is 0 Å². The predicted octanol–water partition coefficient (Wildman–Crippen LogP) is 0.699. The van der Waals surface area contributed by atoms with E-state index in [1.807, 2.05) is 0 Å².